The number of halogens is 1. The summed E-state index contributed by atoms with van der Waals surface area (Å²) in [4.78, 5) is 0.0453. The molecule has 0 bridgehead atoms. The van der Waals surface area contributed by atoms with E-state index in [2.05, 4.69) is 0 Å². The molecule has 1 unspecified atom stereocenters. The minimum atomic E-state index is -3.48. The van der Waals surface area contributed by atoms with E-state index in [-0.39, 0.29) is 4.90 Å². The minimum absolute atomic E-state index is 0.0453. The Kier molecular flexibility index (Phi) is 2.68. The van der Waals surface area contributed by atoms with Crippen LogP contribution < -0.4 is 5.73 Å². The van der Waals surface area contributed by atoms with Crippen LogP contribution in [0.2, 0.25) is 0 Å². The first-order chi connectivity index (χ1) is 5.94. The van der Waals surface area contributed by atoms with Crippen molar-refractivity contribution < 1.29 is 12.8 Å². The van der Waals surface area contributed by atoms with Crippen LogP contribution in [0.25, 0.3) is 0 Å². The molecule has 5 heteroatoms. The first-order valence-corrected chi connectivity index (χ1v) is 5.24. The standard InChI is InChI=1S/C8H10FNO2S/c1-6(10)13(11,12)8-4-2-7(9)3-5-8/h2-6H,10H2,1H3. The van der Waals surface area contributed by atoms with Crippen molar-refractivity contribution in [2.45, 2.75) is 17.2 Å². The van der Waals surface area contributed by atoms with E-state index in [0.29, 0.717) is 0 Å². The van der Waals surface area contributed by atoms with Gasteiger partial charge in [-0.3, -0.25) is 0 Å². The second-order valence-electron chi connectivity index (χ2n) is 2.70. The molecule has 0 aliphatic rings. The zero-order chi connectivity index (χ0) is 10.1. The fourth-order valence-corrected chi connectivity index (χ4v) is 1.78. The van der Waals surface area contributed by atoms with E-state index in [1.807, 2.05) is 0 Å². The molecular formula is C8H10FNO2S. The van der Waals surface area contributed by atoms with Gasteiger partial charge in [0.05, 0.1) is 4.90 Å². The Balaban J connectivity index is 3.17. The Morgan fingerprint density at radius 1 is 1.31 bits per heavy atom. The van der Waals surface area contributed by atoms with Gasteiger partial charge < -0.3 is 5.73 Å². The van der Waals surface area contributed by atoms with Crippen LogP contribution in [0.3, 0.4) is 0 Å². The molecular weight excluding hydrogens is 193 g/mol. The average molecular weight is 203 g/mol. The van der Waals surface area contributed by atoms with Crippen molar-refractivity contribution in [3.8, 4) is 0 Å². The fraction of sp³-hybridized carbons (Fsp3) is 0.250. The Labute approximate surface area is 76.3 Å². The second-order valence-corrected chi connectivity index (χ2v) is 5.01. The quantitative estimate of drug-likeness (QED) is 0.726. The van der Waals surface area contributed by atoms with Crippen molar-refractivity contribution in [3.05, 3.63) is 30.1 Å². The van der Waals surface area contributed by atoms with Crippen molar-refractivity contribution in [2.75, 3.05) is 0 Å². The van der Waals surface area contributed by atoms with Crippen LogP contribution in [-0.2, 0) is 9.84 Å². The lowest BCUT2D eigenvalue weighted by Gasteiger charge is -2.06. The van der Waals surface area contributed by atoms with Gasteiger partial charge in [0.25, 0.3) is 0 Å². The van der Waals surface area contributed by atoms with Gasteiger partial charge >= 0.3 is 0 Å². The molecule has 1 rings (SSSR count). The molecule has 1 aromatic carbocycles. The van der Waals surface area contributed by atoms with Gasteiger partial charge in [0.1, 0.15) is 11.2 Å². The topological polar surface area (TPSA) is 60.2 Å². The zero-order valence-electron chi connectivity index (χ0n) is 7.07. The lowest BCUT2D eigenvalue weighted by Crippen LogP contribution is -2.26. The van der Waals surface area contributed by atoms with Gasteiger partial charge in [0, 0.05) is 0 Å². The lowest BCUT2D eigenvalue weighted by molar-refractivity contribution is 0.584. The van der Waals surface area contributed by atoms with Crippen LogP contribution in [0.1, 0.15) is 6.92 Å². The number of sulfone groups is 1. The van der Waals surface area contributed by atoms with E-state index in [0.717, 1.165) is 12.1 Å². The maximum atomic E-state index is 12.4. The summed E-state index contributed by atoms with van der Waals surface area (Å²) in [6, 6.07) is 4.59. The van der Waals surface area contributed by atoms with Crippen molar-refractivity contribution in [1.29, 1.82) is 0 Å². The third-order valence-electron chi connectivity index (χ3n) is 1.63. The highest BCUT2D eigenvalue weighted by atomic mass is 32.2. The third-order valence-corrected chi connectivity index (χ3v) is 3.54. The molecule has 72 valence electrons. The number of nitrogens with two attached hydrogens (primary N) is 1. The summed E-state index contributed by atoms with van der Waals surface area (Å²) in [7, 11) is -3.48. The number of hydrogen-bond acceptors (Lipinski definition) is 3. The van der Waals surface area contributed by atoms with Crippen molar-refractivity contribution in [2.24, 2.45) is 5.73 Å². The lowest BCUT2D eigenvalue weighted by atomic mass is 10.4. The normalized spacial score (nSPS) is 14.1. The zero-order valence-corrected chi connectivity index (χ0v) is 7.88. The highest BCUT2D eigenvalue weighted by molar-refractivity contribution is 7.92. The number of rotatable bonds is 2. The van der Waals surface area contributed by atoms with Crippen molar-refractivity contribution in [3.63, 3.8) is 0 Å². The molecule has 1 aromatic rings. The van der Waals surface area contributed by atoms with Gasteiger partial charge in [-0.25, -0.2) is 12.8 Å². The van der Waals surface area contributed by atoms with E-state index in [4.69, 9.17) is 5.73 Å². The Morgan fingerprint density at radius 3 is 2.15 bits per heavy atom. The van der Waals surface area contributed by atoms with Crippen molar-refractivity contribution >= 4 is 9.84 Å². The molecule has 0 radical (unpaired) electrons. The summed E-state index contributed by atoms with van der Waals surface area (Å²) in [5.41, 5.74) is 5.26. The fourth-order valence-electron chi connectivity index (χ4n) is 0.839. The van der Waals surface area contributed by atoms with E-state index < -0.39 is 21.0 Å². The molecule has 2 N–H and O–H groups in total. The molecule has 3 nitrogen and oxygen atoms in total. The molecule has 0 saturated heterocycles. The predicted molar refractivity (Wildman–Crippen MR) is 47.2 cm³/mol. The van der Waals surface area contributed by atoms with Crippen molar-refractivity contribution in [1.82, 2.24) is 0 Å². The van der Waals surface area contributed by atoms with Crippen LogP contribution in [0.15, 0.2) is 29.2 Å². The van der Waals surface area contributed by atoms with E-state index in [9.17, 15) is 12.8 Å². The van der Waals surface area contributed by atoms with Crippen LogP contribution in [-0.4, -0.2) is 13.8 Å². The first kappa shape index (κ1) is 10.1. The number of benzene rings is 1. The maximum absolute atomic E-state index is 12.4. The Morgan fingerprint density at radius 2 is 1.77 bits per heavy atom. The average Bonchev–Trinajstić information content (AvgIpc) is 2.04. The van der Waals surface area contributed by atoms with Gasteiger partial charge in [0.2, 0.25) is 0 Å². The van der Waals surface area contributed by atoms with Crippen LogP contribution in [0, 0.1) is 5.82 Å². The summed E-state index contributed by atoms with van der Waals surface area (Å²) >= 11 is 0. The third kappa shape index (κ3) is 2.05. The van der Waals surface area contributed by atoms with Crippen LogP contribution >= 0.6 is 0 Å². The van der Waals surface area contributed by atoms with Gasteiger partial charge in [-0.15, -0.1) is 0 Å². The number of hydrogen-bond donors (Lipinski definition) is 1. The molecule has 0 saturated carbocycles. The molecule has 0 fully saturated rings. The summed E-state index contributed by atoms with van der Waals surface area (Å²) in [5, 5.41) is -0.974. The summed E-state index contributed by atoms with van der Waals surface area (Å²) in [6.45, 7) is 1.37. The highest BCUT2D eigenvalue weighted by Crippen LogP contribution is 2.13. The van der Waals surface area contributed by atoms with Crippen LogP contribution in [0.4, 0.5) is 4.39 Å². The minimum Gasteiger partial charge on any atom is -0.315 e. The molecule has 0 heterocycles. The monoisotopic (exact) mass is 203 g/mol. The smallest absolute Gasteiger partial charge is 0.193 e. The first-order valence-electron chi connectivity index (χ1n) is 3.69. The largest absolute Gasteiger partial charge is 0.315 e. The Bertz CT molecular complexity index is 383. The summed E-state index contributed by atoms with van der Waals surface area (Å²) < 4.78 is 35.2. The second kappa shape index (κ2) is 3.43. The van der Waals surface area contributed by atoms with Gasteiger partial charge in [0.15, 0.2) is 9.84 Å². The molecule has 0 aromatic heterocycles. The molecule has 0 spiro atoms. The highest BCUT2D eigenvalue weighted by Gasteiger charge is 2.18. The van der Waals surface area contributed by atoms with E-state index >= 15 is 0 Å². The van der Waals surface area contributed by atoms with Crippen LogP contribution in [0.5, 0.6) is 0 Å². The van der Waals surface area contributed by atoms with Gasteiger partial charge in [-0.05, 0) is 31.2 Å². The van der Waals surface area contributed by atoms with E-state index in [1.165, 1.54) is 19.1 Å². The van der Waals surface area contributed by atoms with Gasteiger partial charge in [-0.1, -0.05) is 0 Å². The predicted octanol–water partition coefficient (Wildman–Crippen LogP) is 0.904. The molecule has 0 aliphatic carbocycles. The molecule has 13 heavy (non-hydrogen) atoms. The summed E-state index contributed by atoms with van der Waals surface area (Å²) in [6.07, 6.45) is 0. The SMILES string of the molecule is CC(N)S(=O)(=O)c1ccc(F)cc1. The molecule has 0 amide bonds. The summed E-state index contributed by atoms with van der Waals surface area (Å²) in [5.74, 6) is -0.469. The molecule has 0 aliphatic heterocycles. The van der Waals surface area contributed by atoms with E-state index in [1.54, 1.807) is 0 Å². The van der Waals surface area contributed by atoms with Gasteiger partial charge in [-0.2, -0.15) is 0 Å². The molecule has 1 atom stereocenters. The Hall–Kier alpha value is -0.940. The maximum Gasteiger partial charge on any atom is 0.193 e.